The van der Waals surface area contributed by atoms with Gasteiger partial charge in [0.1, 0.15) is 5.60 Å². The molecule has 0 bridgehead atoms. The number of nitrogens with one attached hydrogen (secondary N) is 3. The molecule has 0 aliphatic rings. The first-order valence-corrected chi connectivity index (χ1v) is 6.76. The van der Waals surface area contributed by atoms with E-state index in [9.17, 15) is 4.79 Å². The van der Waals surface area contributed by atoms with Crippen molar-refractivity contribution in [2.75, 3.05) is 19.6 Å². The van der Waals surface area contributed by atoms with E-state index >= 15 is 0 Å². The number of ether oxygens (including phenoxy) is 1. The fourth-order valence-electron chi connectivity index (χ4n) is 1.23. The fraction of sp³-hybridized carbons (Fsp3) is 0.846. The van der Waals surface area contributed by atoms with E-state index in [1.54, 1.807) is 0 Å². The number of aliphatic imine (C=N–C) groups is 1. The standard InChI is InChI=1S/C13H28N4O2.HI/c1-7-14-11(17-10(2)3)15-8-9-16-12(18)19-13(4,5)6;/h10H,7-9H2,1-6H3,(H,16,18)(H2,14,15,17);1H. The van der Waals surface area contributed by atoms with Crippen molar-refractivity contribution < 1.29 is 9.53 Å². The molecule has 7 heteroatoms. The van der Waals surface area contributed by atoms with Crippen molar-refractivity contribution in [3.05, 3.63) is 0 Å². The summed E-state index contributed by atoms with van der Waals surface area (Å²) < 4.78 is 5.13. The van der Waals surface area contributed by atoms with Crippen molar-refractivity contribution in [3.8, 4) is 0 Å². The van der Waals surface area contributed by atoms with Crippen molar-refractivity contribution in [1.29, 1.82) is 0 Å². The van der Waals surface area contributed by atoms with Gasteiger partial charge in [-0.2, -0.15) is 0 Å². The van der Waals surface area contributed by atoms with Gasteiger partial charge in [-0.25, -0.2) is 4.79 Å². The Hall–Kier alpha value is -0.730. The molecule has 0 saturated carbocycles. The Bertz CT molecular complexity index is 301. The van der Waals surface area contributed by atoms with Gasteiger partial charge in [-0.15, -0.1) is 24.0 Å². The Morgan fingerprint density at radius 1 is 1.25 bits per heavy atom. The Labute approximate surface area is 139 Å². The second-order valence-electron chi connectivity index (χ2n) is 5.49. The molecule has 20 heavy (non-hydrogen) atoms. The van der Waals surface area contributed by atoms with Gasteiger partial charge in [0, 0.05) is 19.1 Å². The van der Waals surface area contributed by atoms with Gasteiger partial charge in [-0.3, -0.25) is 4.99 Å². The molecular weight excluding hydrogens is 371 g/mol. The molecule has 0 saturated heterocycles. The zero-order chi connectivity index (χ0) is 14.9. The average molecular weight is 400 g/mol. The largest absolute Gasteiger partial charge is 0.444 e. The number of carbonyl (C=O) groups excluding carboxylic acids is 1. The topological polar surface area (TPSA) is 74.8 Å². The van der Waals surface area contributed by atoms with Gasteiger partial charge in [0.25, 0.3) is 0 Å². The number of hydrogen-bond acceptors (Lipinski definition) is 3. The van der Waals surface area contributed by atoms with E-state index in [-0.39, 0.29) is 24.0 Å². The minimum atomic E-state index is -0.471. The quantitative estimate of drug-likeness (QED) is 0.286. The van der Waals surface area contributed by atoms with Gasteiger partial charge in [0.15, 0.2) is 5.96 Å². The van der Waals surface area contributed by atoms with E-state index in [0.29, 0.717) is 19.1 Å². The lowest BCUT2D eigenvalue weighted by atomic mass is 10.2. The van der Waals surface area contributed by atoms with Crippen molar-refractivity contribution in [2.24, 2.45) is 4.99 Å². The molecule has 0 heterocycles. The summed E-state index contributed by atoms with van der Waals surface area (Å²) in [4.78, 5) is 15.7. The summed E-state index contributed by atoms with van der Waals surface area (Å²) in [5.74, 6) is 0.753. The number of nitrogens with zero attached hydrogens (tertiary/aromatic N) is 1. The van der Waals surface area contributed by atoms with E-state index in [4.69, 9.17) is 4.74 Å². The summed E-state index contributed by atoms with van der Waals surface area (Å²) in [6.07, 6.45) is -0.412. The van der Waals surface area contributed by atoms with Crippen LogP contribution in [0.4, 0.5) is 4.79 Å². The highest BCUT2D eigenvalue weighted by Gasteiger charge is 2.15. The van der Waals surface area contributed by atoms with Gasteiger partial charge in [0.2, 0.25) is 0 Å². The molecule has 0 atom stereocenters. The van der Waals surface area contributed by atoms with E-state index in [1.807, 2.05) is 41.5 Å². The summed E-state index contributed by atoms with van der Waals surface area (Å²) in [7, 11) is 0. The third kappa shape index (κ3) is 13.7. The summed E-state index contributed by atoms with van der Waals surface area (Å²) in [5, 5.41) is 9.00. The number of halogens is 1. The van der Waals surface area contributed by atoms with Crippen molar-refractivity contribution in [3.63, 3.8) is 0 Å². The number of guanidine groups is 1. The van der Waals surface area contributed by atoms with E-state index < -0.39 is 11.7 Å². The normalized spacial score (nSPS) is 11.7. The predicted molar refractivity (Wildman–Crippen MR) is 93.9 cm³/mol. The lowest BCUT2D eigenvalue weighted by Crippen LogP contribution is -2.41. The van der Waals surface area contributed by atoms with Gasteiger partial charge in [-0.05, 0) is 41.5 Å². The maximum Gasteiger partial charge on any atom is 0.407 e. The zero-order valence-electron chi connectivity index (χ0n) is 13.4. The average Bonchev–Trinajstić information content (AvgIpc) is 2.21. The molecule has 0 aromatic rings. The maximum atomic E-state index is 11.4. The van der Waals surface area contributed by atoms with Crippen LogP contribution in [0.15, 0.2) is 4.99 Å². The zero-order valence-corrected chi connectivity index (χ0v) is 15.7. The minimum Gasteiger partial charge on any atom is -0.444 e. The molecule has 0 radical (unpaired) electrons. The van der Waals surface area contributed by atoms with Crippen LogP contribution in [0.3, 0.4) is 0 Å². The van der Waals surface area contributed by atoms with Gasteiger partial charge in [0.05, 0.1) is 6.54 Å². The molecule has 120 valence electrons. The summed E-state index contributed by atoms with van der Waals surface area (Å²) >= 11 is 0. The van der Waals surface area contributed by atoms with Crippen LogP contribution >= 0.6 is 24.0 Å². The van der Waals surface area contributed by atoms with Gasteiger partial charge >= 0.3 is 6.09 Å². The monoisotopic (exact) mass is 400 g/mol. The fourth-order valence-corrected chi connectivity index (χ4v) is 1.23. The molecule has 0 aliphatic carbocycles. The Morgan fingerprint density at radius 2 is 1.85 bits per heavy atom. The Kier molecular flexibility index (Phi) is 11.8. The smallest absolute Gasteiger partial charge is 0.407 e. The number of amides is 1. The third-order valence-corrected chi connectivity index (χ3v) is 1.82. The van der Waals surface area contributed by atoms with Crippen LogP contribution in [-0.4, -0.2) is 43.3 Å². The minimum absolute atomic E-state index is 0. The Balaban J connectivity index is 0. The van der Waals surface area contributed by atoms with Crippen molar-refractivity contribution in [1.82, 2.24) is 16.0 Å². The van der Waals surface area contributed by atoms with Gasteiger partial charge < -0.3 is 20.7 Å². The van der Waals surface area contributed by atoms with Crippen LogP contribution in [0.1, 0.15) is 41.5 Å². The SMILES string of the molecule is CCNC(=NCCNC(=O)OC(C)(C)C)NC(C)C.I. The predicted octanol–water partition coefficient (Wildman–Crippen LogP) is 2.09. The molecule has 3 N–H and O–H groups in total. The van der Waals surface area contributed by atoms with E-state index in [0.717, 1.165) is 12.5 Å². The maximum absolute atomic E-state index is 11.4. The lowest BCUT2D eigenvalue weighted by molar-refractivity contribution is 0.0529. The molecule has 0 aromatic heterocycles. The molecular formula is C13H29IN4O2. The number of alkyl carbamates (subject to hydrolysis) is 1. The summed E-state index contributed by atoms with van der Waals surface area (Å²) in [5.41, 5.74) is -0.471. The molecule has 0 fully saturated rings. The molecule has 0 rings (SSSR count). The molecule has 0 spiro atoms. The number of carbonyl (C=O) groups is 1. The lowest BCUT2D eigenvalue weighted by Gasteiger charge is -2.19. The van der Waals surface area contributed by atoms with Crippen molar-refractivity contribution in [2.45, 2.75) is 53.2 Å². The highest BCUT2D eigenvalue weighted by atomic mass is 127. The van der Waals surface area contributed by atoms with E-state index in [2.05, 4.69) is 20.9 Å². The first-order valence-electron chi connectivity index (χ1n) is 6.76. The third-order valence-electron chi connectivity index (χ3n) is 1.82. The van der Waals surface area contributed by atoms with Crippen LogP contribution in [0.25, 0.3) is 0 Å². The first kappa shape index (κ1) is 21.6. The van der Waals surface area contributed by atoms with Crippen LogP contribution in [0.2, 0.25) is 0 Å². The van der Waals surface area contributed by atoms with Crippen LogP contribution in [0.5, 0.6) is 0 Å². The number of rotatable bonds is 5. The van der Waals surface area contributed by atoms with Crippen LogP contribution in [0, 0.1) is 0 Å². The van der Waals surface area contributed by atoms with Crippen LogP contribution in [-0.2, 0) is 4.74 Å². The number of hydrogen-bond donors (Lipinski definition) is 3. The summed E-state index contributed by atoms with van der Waals surface area (Å²) in [6, 6.07) is 0.316. The second-order valence-corrected chi connectivity index (χ2v) is 5.49. The molecule has 0 aromatic carbocycles. The van der Waals surface area contributed by atoms with Crippen molar-refractivity contribution >= 4 is 36.0 Å². The summed E-state index contributed by atoms with van der Waals surface area (Å²) in [6.45, 7) is 13.4. The van der Waals surface area contributed by atoms with Gasteiger partial charge in [-0.1, -0.05) is 0 Å². The molecule has 1 amide bonds. The molecule has 6 nitrogen and oxygen atoms in total. The Morgan fingerprint density at radius 3 is 2.30 bits per heavy atom. The first-order chi connectivity index (χ1) is 8.74. The highest BCUT2D eigenvalue weighted by molar-refractivity contribution is 14.0. The molecule has 0 unspecified atom stereocenters. The second kappa shape index (κ2) is 11.0. The molecule has 0 aliphatic heterocycles. The van der Waals surface area contributed by atoms with E-state index in [1.165, 1.54) is 0 Å². The highest BCUT2D eigenvalue weighted by Crippen LogP contribution is 2.05. The van der Waals surface area contributed by atoms with Crippen LogP contribution < -0.4 is 16.0 Å².